The standard InChI is InChI=1S/C17H27NO6/c1-14(2,3)24-13(21)12-16(18-7-11(19)20)5-10-4-15(22,8-16)9-17(12,23)6-10/h10,12,18,22-23H,4-9H2,1-3H3,(H,19,20)/t10-,12+,15+,16+,17+/m1/s1. The highest BCUT2D eigenvalue weighted by atomic mass is 16.6. The number of carbonyl (C=O) groups excluding carboxylic acids is 1. The van der Waals surface area contributed by atoms with Crippen molar-refractivity contribution >= 4 is 11.9 Å². The predicted molar refractivity (Wildman–Crippen MR) is 84.2 cm³/mol. The number of hydrogen-bond donors (Lipinski definition) is 4. The van der Waals surface area contributed by atoms with E-state index in [9.17, 15) is 19.8 Å². The number of rotatable bonds is 4. The van der Waals surface area contributed by atoms with Gasteiger partial charge in [0, 0.05) is 12.0 Å². The molecule has 0 unspecified atom stereocenters. The molecule has 0 aromatic heterocycles. The number of hydrogen-bond acceptors (Lipinski definition) is 6. The minimum atomic E-state index is -1.36. The Hall–Kier alpha value is -1.18. The quantitative estimate of drug-likeness (QED) is 0.548. The number of aliphatic carboxylic acids is 1. The van der Waals surface area contributed by atoms with E-state index in [4.69, 9.17) is 9.84 Å². The summed E-state index contributed by atoms with van der Waals surface area (Å²) in [5.41, 5.74) is -4.06. The molecule has 4 bridgehead atoms. The van der Waals surface area contributed by atoms with Crippen LogP contribution in [0, 0.1) is 11.8 Å². The van der Waals surface area contributed by atoms with Gasteiger partial charge in [-0.3, -0.25) is 9.59 Å². The molecule has 0 spiro atoms. The molecule has 0 aromatic rings. The lowest BCUT2D eigenvalue weighted by Gasteiger charge is -2.66. The van der Waals surface area contributed by atoms with Crippen molar-refractivity contribution in [2.24, 2.45) is 11.8 Å². The van der Waals surface area contributed by atoms with Crippen molar-refractivity contribution in [2.45, 2.75) is 75.2 Å². The Morgan fingerprint density at radius 2 is 1.83 bits per heavy atom. The van der Waals surface area contributed by atoms with E-state index in [1.54, 1.807) is 20.8 Å². The zero-order chi connectivity index (χ0) is 18.0. The van der Waals surface area contributed by atoms with Crippen molar-refractivity contribution in [3.05, 3.63) is 0 Å². The first kappa shape index (κ1) is 17.6. The molecular formula is C17H27NO6. The molecule has 7 heteroatoms. The molecule has 4 fully saturated rings. The third kappa shape index (κ3) is 2.93. The number of esters is 1. The third-order valence-electron chi connectivity index (χ3n) is 5.57. The lowest BCUT2D eigenvalue weighted by molar-refractivity contribution is -0.251. The van der Waals surface area contributed by atoms with Crippen molar-refractivity contribution in [1.29, 1.82) is 0 Å². The van der Waals surface area contributed by atoms with Crippen LogP contribution in [0.1, 0.15) is 52.9 Å². The summed E-state index contributed by atoms with van der Waals surface area (Å²) in [6, 6.07) is 0. The second-order valence-corrected chi connectivity index (χ2v) is 9.03. The van der Waals surface area contributed by atoms with Gasteiger partial charge in [0.2, 0.25) is 0 Å². The minimum Gasteiger partial charge on any atom is -0.480 e. The highest BCUT2D eigenvalue weighted by molar-refractivity contribution is 5.77. The molecule has 0 aliphatic heterocycles. The van der Waals surface area contributed by atoms with Crippen molar-refractivity contribution in [2.75, 3.05) is 6.54 Å². The van der Waals surface area contributed by atoms with Gasteiger partial charge < -0.3 is 25.4 Å². The number of carbonyl (C=O) groups is 2. The minimum absolute atomic E-state index is 0.0717. The molecule has 136 valence electrons. The second kappa shape index (κ2) is 5.16. The first-order chi connectivity index (χ1) is 10.9. The van der Waals surface area contributed by atoms with E-state index >= 15 is 0 Å². The lowest BCUT2D eigenvalue weighted by atomic mass is 9.45. The molecule has 7 nitrogen and oxygen atoms in total. The van der Waals surface area contributed by atoms with E-state index in [-0.39, 0.29) is 25.3 Å². The summed E-state index contributed by atoms with van der Waals surface area (Å²) in [4.78, 5) is 23.9. The third-order valence-corrected chi connectivity index (χ3v) is 5.57. The Kier molecular flexibility index (Phi) is 3.79. The predicted octanol–water partition coefficient (Wildman–Crippen LogP) is 0.427. The summed E-state index contributed by atoms with van der Waals surface area (Å²) in [6.45, 7) is 4.96. The zero-order valence-electron chi connectivity index (χ0n) is 14.5. The Morgan fingerprint density at radius 1 is 1.17 bits per heavy atom. The molecule has 0 saturated heterocycles. The second-order valence-electron chi connectivity index (χ2n) is 9.03. The monoisotopic (exact) mass is 341 g/mol. The lowest BCUT2D eigenvalue weighted by Crippen LogP contribution is -2.77. The fourth-order valence-electron chi connectivity index (χ4n) is 5.53. The van der Waals surface area contributed by atoms with Crippen molar-refractivity contribution < 1.29 is 29.6 Å². The maximum atomic E-state index is 12.9. The van der Waals surface area contributed by atoms with Crippen LogP contribution in [-0.4, -0.2) is 56.1 Å². The van der Waals surface area contributed by atoms with E-state index in [1.807, 2.05) is 0 Å². The van der Waals surface area contributed by atoms with E-state index in [2.05, 4.69) is 5.32 Å². The van der Waals surface area contributed by atoms with Gasteiger partial charge in [-0.2, -0.15) is 0 Å². The molecule has 0 radical (unpaired) electrons. The average molecular weight is 341 g/mol. The van der Waals surface area contributed by atoms with Gasteiger partial charge in [-0.05, 0) is 52.4 Å². The van der Waals surface area contributed by atoms with Crippen LogP contribution in [0.5, 0.6) is 0 Å². The van der Waals surface area contributed by atoms with Gasteiger partial charge in [-0.15, -0.1) is 0 Å². The number of aliphatic hydroxyl groups is 2. The van der Waals surface area contributed by atoms with E-state index < -0.39 is 40.2 Å². The number of carboxylic acids is 1. The fourth-order valence-corrected chi connectivity index (χ4v) is 5.53. The van der Waals surface area contributed by atoms with E-state index in [0.717, 1.165) is 0 Å². The summed E-state index contributed by atoms with van der Waals surface area (Å²) >= 11 is 0. The molecule has 5 atom stereocenters. The maximum Gasteiger partial charge on any atom is 0.317 e. The SMILES string of the molecule is CC(C)(C)OC(=O)[C@@H]1[C@]2(O)C[C@@H]3C[C@@](O)(C2)C[C@@]1(NCC(=O)O)C3. The molecule has 4 saturated carbocycles. The van der Waals surface area contributed by atoms with Crippen LogP contribution in [0.3, 0.4) is 0 Å². The van der Waals surface area contributed by atoms with Crippen LogP contribution in [0.2, 0.25) is 0 Å². The summed E-state index contributed by atoms with van der Waals surface area (Å²) in [7, 11) is 0. The van der Waals surface area contributed by atoms with Crippen molar-refractivity contribution in [3.8, 4) is 0 Å². The molecule has 4 aliphatic carbocycles. The summed E-state index contributed by atoms with van der Waals surface area (Å²) < 4.78 is 5.53. The first-order valence-electron chi connectivity index (χ1n) is 8.51. The smallest absolute Gasteiger partial charge is 0.317 e. The highest BCUT2D eigenvalue weighted by Gasteiger charge is 2.70. The molecule has 4 aliphatic rings. The van der Waals surface area contributed by atoms with Crippen LogP contribution >= 0.6 is 0 Å². The van der Waals surface area contributed by atoms with Gasteiger partial charge in [-0.1, -0.05) is 0 Å². The van der Waals surface area contributed by atoms with Gasteiger partial charge in [-0.25, -0.2) is 0 Å². The van der Waals surface area contributed by atoms with Crippen LogP contribution in [0.4, 0.5) is 0 Å². The van der Waals surface area contributed by atoms with Gasteiger partial charge in [0.25, 0.3) is 0 Å². The van der Waals surface area contributed by atoms with Crippen LogP contribution in [0.25, 0.3) is 0 Å². The van der Waals surface area contributed by atoms with Gasteiger partial charge in [0.05, 0.1) is 17.7 Å². The fraction of sp³-hybridized carbons (Fsp3) is 0.882. The normalized spacial score (nSPS) is 43.7. The van der Waals surface area contributed by atoms with Crippen molar-refractivity contribution in [1.82, 2.24) is 5.32 Å². The molecule has 4 rings (SSSR count). The Bertz CT molecular complexity index is 572. The Balaban J connectivity index is 1.97. The zero-order valence-corrected chi connectivity index (χ0v) is 14.5. The highest BCUT2D eigenvalue weighted by Crippen LogP contribution is 2.62. The maximum absolute atomic E-state index is 12.9. The summed E-state index contributed by atoms with van der Waals surface area (Å²) in [5.74, 6) is -2.36. The van der Waals surface area contributed by atoms with Crippen LogP contribution in [-0.2, 0) is 14.3 Å². The molecule has 24 heavy (non-hydrogen) atoms. The Labute approximate surface area is 141 Å². The molecule has 0 heterocycles. The largest absolute Gasteiger partial charge is 0.480 e. The molecule has 4 N–H and O–H groups in total. The van der Waals surface area contributed by atoms with E-state index in [1.165, 1.54) is 0 Å². The molecular weight excluding hydrogens is 314 g/mol. The van der Waals surface area contributed by atoms with Crippen LogP contribution in [0.15, 0.2) is 0 Å². The first-order valence-corrected chi connectivity index (χ1v) is 8.51. The summed E-state index contributed by atoms with van der Waals surface area (Å²) in [6.07, 6.45) is 1.99. The average Bonchev–Trinajstić information content (AvgIpc) is 2.29. The molecule has 0 amide bonds. The Morgan fingerprint density at radius 3 is 2.38 bits per heavy atom. The number of nitrogens with one attached hydrogen (secondary N) is 1. The number of carboxylic acid groups (broad SMARTS) is 1. The topological polar surface area (TPSA) is 116 Å². The van der Waals surface area contributed by atoms with Gasteiger partial charge >= 0.3 is 11.9 Å². The van der Waals surface area contributed by atoms with Gasteiger partial charge in [0.1, 0.15) is 11.5 Å². The van der Waals surface area contributed by atoms with Gasteiger partial charge in [0.15, 0.2) is 0 Å². The van der Waals surface area contributed by atoms with Crippen molar-refractivity contribution in [3.63, 3.8) is 0 Å². The number of ether oxygens (including phenoxy) is 1. The van der Waals surface area contributed by atoms with E-state index in [0.29, 0.717) is 19.3 Å². The summed E-state index contributed by atoms with van der Waals surface area (Å²) in [5, 5.41) is 34.0. The molecule has 0 aromatic carbocycles. The van der Waals surface area contributed by atoms with Crippen LogP contribution < -0.4 is 5.32 Å².